The Hall–Kier alpha value is -2.17. The Balaban J connectivity index is 2.68. The van der Waals surface area contributed by atoms with Gasteiger partial charge in [0, 0.05) is 35.3 Å². The molecule has 2 heterocycles. The Morgan fingerprint density at radius 1 is 1.52 bits per heavy atom. The SMILES string of the molecule is NS(=O)(=O)n1ccc(-c2cnc(NCl)c(F)c2)c1C(=O)O. The summed E-state index contributed by atoms with van der Waals surface area (Å²) in [5.41, 5.74) is -0.614. The van der Waals surface area contributed by atoms with Gasteiger partial charge < -0.3 is 5.11 Å². The lowest BCUT2D eigenvalue weighted by atomic mass is 10.1. The lowest BCUT2D eigenvalue weighted by Gasteiger charge is -2.06. The molecule has 0 bridgehead atoms. The molecule has 2 rings (SSSR count). The van der Waals surface area contributed by atoms with Crippen molar-refractivity contribution >= 4 is 33.8 Å². The second-order valence-electron chi connectivity index (χ2n) is 3.87. The molecule has 112 valence electrons. The number of aromatic carboxylic acids is 1. The van der Waals surface area contributed by atoms with Crippen molar-refractivity contribution in [2.45, 2.75) is 0 Å². The number of hydrogen-bond acceptors (Lipinski definition) is 5. The zero-order valence-electron chi connectivity index (χ0n) is 10.1. The predicted octanol–water partition coefficient (Wildman–Crippen LogP) is 1.00. The molecule has 0 fully saturated rings. The molecular weight excluding hydrogens is 327 g/mol. The fourth-order valence-electron chi connectivity index (χ4n) is 1.72. The van der Waals surface area contributed by atoms with Gasteiger partial charge in [0.05, 0.1) is 0 Å². The number of rotatable bonds is 4. The van der Waals surface area contributed by atoms with Crippen LogP contribution in [0.2, 0.25) is 0 Å². The van der Waals surface area contributed by atoms with Gasteiger partial charge in [-0.05, 0) is 12.1 Å². The van der Waals surface area contributed by atoms with E-state index in [4.69, 9.17) is 22.0 Å². The Morgan fingerprint density at radius 2 is 2.19 bits per heavy atom. The molecule has 8 nitrogen and oxygen atoms in total. The largest absolute Gasteiger partial charge is 0.477 e. The van der Waals surface area contributed by atoms with Gasteiger partial charge in [-0.25, -0.2) is 23.3 Å². The summed E-state index contributed by atoms with van der Waals surface area (Å²) in [4.78, 5) is 16.9. The number of aromatic nitrogens is 2. The number of halogens is 2. The summed E-state index contributed by atoms with van der Waals surface area (Å²) in [6.07, 6.45) is 2.10. The number of anilines is 1. The number of carboxylic acids is 1. The number of nitrogens with two attached hydrogens (primary N) is 1. The predicted molar refractivity (Wildman–Crippen MR) is 72.6 cm³/mol. The third kappa shape index (κ3) is 2.82. The average molecular weight is 335 g/mol. The van der Waals surface area contributed by atoms with Gasteiger partial charge in [-0.1, -0.05) is 0 Å². The van der Waals surface area contributed by atoms with E-state index in [2.05, 4.69) is 4.98 Å². The molecule has 0 unspecified atom stereocenters. The van der Waals surface area contributed by atoms with Crippen LogP contribution in [0, 0.1) is 5.82 Å². The van der Waals surface area contributed by atoms with Crippen LogP contribution < -0.4 is 9.97 Å². The van der Waals surface area contributed by atoms with Crippen molar-refractivity contribution in [2.75, 3.05) is 4.84 Å². The summed E-state index contributed by atoms with van der Waals surface area (Å²) in [6.45, 7) is 0. The Bertz CT molecular complexity index is 820. The second kappa shape index (κ2) is 5.31. The maximum absolute atomic E-state index is 13.6. The fourth-order valence-corrected chi connectivity index (χ4v) is 2.52. The fraction of sp³-hybridized carbons (Fsp3) is 0. The molecule has 0 aliphatic heterocycles. The highest BCUT2D eigenvalue weighted by atomic mass is 35.5. The van der Waals surface area contributed by atoms with E-state index in [1.54, 1.807) is 0 Å². The van der Waals surface area contributed by atoms with Crippen molar-refractivity contribution in [3.8, 4) is 11.1 Å². The van der Waals surface area contributed by atoms with E-state index in [0.717, 1.165) is 18.5 Å². The van der Waals surface area contributed by atoms with Gasteiger partial charge in [0.15, 0.2) is 17.3 Å². The van der Waals surface area contributed by atoms with E-state index >= 15 is 0 Å². The zero-order valence-corrected chi connectivity index (χ0v) is 11.7. The van der Waals surface area contributed by atoms with Crippen LogP contribution in [0.5, 0.6) is 0 Å². The highest BCUT2D eigenvalue weighted by Gasteiger charge is 2.23. The van der Waals surface area contributed by atoms with E-state index in [1.165, 1.54) is 6.07 Å². The van der Waals surface area contributed by atoms with Gasteiger partial charge in [-0.3, -0.25) is 4.84 Å². The molecule has 0 amide bonds. The summed E-state index contributed by atoms with van der Waals surface area (Å²) in [6, 6.07) is 2.14. The molecule has 4 N–H and O–H groups in total. The first-order valence-electron chi connectivity index (χ1n) is 5.26. The third-order valence-corrected chi connectivity index (χ3v) is 3.60. The van der Waals surface area contributed by atoms with Crippen molar-refractivity contribution in [3.63, 3.8) is 0 Å². The van der Waals surface area contributed by atoms with Crippen molar-refractivity contribution in [1.29, 1.82) is 0 Å². The number of carboxylic acid groups (broad SMARTS) is 1. The molecule has 0 saturated heterocycles. The lowest BCUT2D eigenvalue weighted by Crippen LogP contribution is -2.24. The van der Waals surface area contributed by atoms with Gasteiger partial charge in [-0.2, -0.15) is 8.42 Å². The first kappa shape index (κ1) is 15.2. The highest BCUT2D eigenvalue weighted by Crippen LogP contribution is 2.27. The molecule has 0 aliphatic rings. The molecule has 0 spiro atoms. The van der Waals surface area contributed by atoms with E-state index in [0.29, 0.717) is 3.97 Å². The van der Waals surface area contributed by atoms with E-state index in [9.17, 15) is 17.6 Å². The Labute approximate surface area is 123 Å². The number of hydrogen-bond donors (Lipinski definition) is 3. The van der Waals surface area contributed by atoms with E-state index in [1.807, 2.05) is 4.84 Å². The van der Waals surface area contributed by atoms with Gasteiger partial charge in [-0.15, -0.1) is 0 Å². The topological polar surface area (TPSA) is 127 Å². The smallest absolute Gasteiger partial charge is 0.354 e. The molecule has 21 heavy (non-hydrogen) atoms. The van der Waals surface area contributed by atoms with Crippen LogP contribution in [0.25, 0.3) is 11.1 Å². The molecule has 0 saturated carbocycles. The van der Waals surface area contributed by atoms with Crippen LogP contribution in [0.15, 0.2) is 24.5 Å². The minimum Gasteiger partial charge on any atom is -0.477 e. The number of pyridine rings is 1. The second-order valence-corrected chi connectivity index (χ2v) is 5.49. The minimum atomic E-state index is -4.30. The number of nitrogens with one attached hydrogen (secondary N) is 1. The van der Waals surface area contributed by atoms with Crippen molar-refractivity contribution in [2.24, 2.45) is 5.14 Å². The van der Waals surface area contributed by atoms with E-state index < -0.39 is 27.7 Å². The van der Waals surface area contributed by atoms with E-state index in [-0.39, 0.29) is 16.9 Å². The summed E-state index contributed by atoms with van der Waals surface area (Å²) in [5.74, 6) is -2.62. The number of nitrogens with zero attached hydrogens (tertiary/aromatic N) is 2. The van der Waals surface area contributed by atoms with Crippen molar-refractivity contribution < 1.29 is 22.7 Å². The van der Waals surface area contributed by atoms with Gasteiger partial charge in [0.2, 0.25) is 0 Å². The van der Waals surface area contributed by atoms with Crippen LogP contribution in [0.3, 0.4) is 0 Å². The first-order chi connectivity index (χ1) is 9.75. The molecule has 2 aromatic heterocycles. The van der Waals surface area contributed by atoms with Crippen molar-refractivity contribution in [1.82, 2.24) is 8.96 Å². The monoisotopic (exact) mass is 334 g/mol. The van der Waals surface area contributed by atoms with Crippen LogP contribution in [0.1, 0.15) is 10.5 Å². The molecule has 0 aliphatic carbocycles. The van der Waals surface area contributed by atoms with Crippen LogP contribution in [-0.2, 0) is 10.2 Å². The quantitative estimate of drug-likeness (QED) is 0.716. The molecular formula is C10H8ClFN4O4S. The summed E-state index contributed by atoms with van der Waals surface area (Å²) >= 11 is 5.23. The summed E-state index contributed by atoms with van der Waals surface area (Å²) in [7, 11) is -4.30. The zero-order chi connectivity index (χ0) is 15.8. The number of carbonyl (C=O) groups is 1. The van der Waals surface area contributed by atoms with Crippen LogP contribution in [-0.4, -0.2) is 28.5 Å². The van der Waals surface area contributed by atoms with Gasteiger partial charge in [0.1, 0.15) is 0 Å². The molecule has 0 radical (unpaired) electrons. The molecule has 2 aromatic rings. The Morgan fingerprint density at radius 3 is 2.67 bits per heavy atom. The highest BCUT2D eigenvalue weighted by molar-refractivity contribution is 7.87. The molecule has 11 heteroatoms. The first-order valence-corrected chi connectivity index (χ1v) is 7.14. The summed E-state index contributed by atoms with van der Waals surface area (Å²) < 4.78 is 36.6. The van der Waals surface area contributed by atoms with Crippen molar-refractivity contribution in [3.05, 3.63) is 36.0 Å². The van der Waals surface area contributed by atoms with Crippen LogP contribution >= 0.6 is 11.8 Å². The average Bonchev–Trinajstić information content (AvgIpc) is 2.83. The normalized spacial score (nSPS) is 11.4. The molecule has 0 atom stereocenters. The van der Waals surface area contributed by atoms with Crippen LogP contribution in [0.4, 0.5) is 10.2 Å². The van der Waals surface area contributed by atoms with Gasteiger partial charge in [0.25, 0.3) is 0 Å². The third-order valence-electron chi connectivity index (χ3n) is 2.57. The van der Waals surface area contributed by atoms with Gasteiger partial charge >= 0.3 is 16.2 Å². The maximum atomic E-state index is 13.6. The Kier molecular flexibility index (Phi) is 3.85. The maximum Gasteiger partial charge on any atom is 0.354 e. The molecule has 0 aromatic carbocycles. The summed E-state index contributed by atoms with van der Waals surface area (Å²) in [5, 5.41) is 14.1. The minimum absolute atomic E-state index is 0.0518. The lowest BCUT2D eigenvalue weighted by molar-refractivity contribution is 0.0690. The standard InChI is InChI=1S/C10H8ClFN4O4S/c11-15-9-7(12)3-5(4-14-9)6-1-2-16(21(13,19)20)8(6)10(17)18/h1-4H,(H,14,15)(H,17,18)(H2,13,19,20).